The van der Waals surface area contributed by atoms with Crippen LogP contribution in [0, 0.1) is 5.92 Å². The number of benzene rings is 2. The van der Waals surface area contributed by atoms with E-state index in [1.807, 2.05) is 42.5 Å². The third-order valence-electron chi connectivity index (χ3n) is 5.17. The molecule has 0 bridgehead atoms. The zero-order valence-electron chi connectivity index (χ0n) is 15.4. The van der Waals surface area contributed by atoms with Crippen molar-refractivity contribution in [3.63, 3.8) is 0 Å². The Morgan fingerprint density at radius 2 is 1.86 bits per heavy atom. The molecule has 28 heavy (non-hydrogen) atoms. The van der Waals surface area contributed by atoms with E-state index < -0.39 is 0 Å². The maximum absolute atomic E-state index is 12.9. The molecule has 4 rings (SSSR count). The van der Waals surface area contributed by atoms with Crippen LogP contribution in [0.4, 0.5) is 0 Å². The minimum Gasteiger partial charge on any atom is -0.344 e. The standard InChI is InChI=1S/C22H21ClN2OS2/c23-19-17-11-4-5-12-18(17)28-20(19)21(26)24-22(27)25(14-16-9-6-10-16)13-15-7-2-1-3-8-15/h1-5,7-8,11-12,16H,6,9-10,13-14H2,(H,24,26,27). The second-order valence-corrected chi connectivity index (χ2v) is 8.98. The normalized spacial score (nSPS) is 13.9. The second-order valence-electron chi connectivity index (χ2n) is 7.16. The Morgan fingerprint density at radius 3 is 2.54 bits per heavy atom. The van der Waals surface area contributed by atoms with E-state index in [-0.39, 0.29) is 5.91 Å². The van der Waals surface area contributed by atoms with E-state index in [2.05, 4.69) is 22.3 Å². The molecule has 3 nitrogen and oxygen atoms in total. The summed E-state index contributed by atoms with van der Waals surface area (Å²) in [6, 6.07) is 18.0. The van der Waals surface area contributed by atoms with Crippen molar-refractivity contribution in [2.45, 2.75) is 25.8 Å². The molecule has 1 fully saturated rings. The number of carbonyl (C=O) groups excluding carboxylic acids is 1. The van der Waals surface area contributed by atoms with Gasteiger partial charge >= 0.3 is 0 Å². The smallest absolute Gasteiger partial charge is 0.269 e. The van der Waals surface area contributed by atoms with E-state index in [9.17, 15) is 4.79 Å². The minimum atomic E-state index is -0.233. The Kier molecular flexibility index (Phi) is 5.95. The number of thiophene rings is 1. The summed E-state index contributed by atoms with van der Waals surface area (Å²) in [6.07, 6.45) is 3.73. The summed E-state index contributed by atoms with van der Waals surface area (Å²) < 4.78 is 0.999. The first-order chi connectivity index (χ1) is 13.6. The van der Waals surface area contributed by atoms with E-state index in [0.29, 0.717) is 27.5 Å². The molecule has 1 aliphatic rings. The highest BCUT2D eigenvalue weighted by Crippen LogP contribution is 2.35. The number of hydrogen-bond donors (Lipinski definition) is 1. The average Bonchev–Trinajstić information content (AvgIpc) is 3.01. The van der Waals surface area contributed by atoms with Crippen LogP contribution in [0.15, 0.2) is 54.6 Å². The summed E-state index contributed by atoms with van der Waals surface area (Å²) in [5.41, 5.74) is 1.18. The molecule has 0 aliphatic heterocycles. The first kappa shape index (κ1) is 19.4. The van der Waals surface area contributed by atoms with Crippen LogP contribution in [-0.2, 0) is 6.54 Å². The number of amides is 1. The van der Waals surface area contributed by atoms with Crippen molar-refractivity contribution in [2.75, 3.05) is 6.54 Å². The SMILES string of the molecule is O=C(NC(=S)N(Cc1ccccc1)CC1CCC1)c1sc2ccccc2c1Cl. The number of hydrogen-bond acceptors (Lipinski definition) is 3. The third kappa shape index (κ3) is 4.22. The molecule has 0 radical (unpaired) electrons. The van der Waals surface area contributed by atoms with Crippen molar-refractivity contribution < 1.29 is 4.79 Å². The molecule has 0 saturated heterocycles. The fourth-order valence-corrected chi connectivity index (χ4v) is 5.05. The van der Waals surface area contributed by atoms with Crippen LogP contribution < -0.4 is 5.32 Å². The van der Waals surface area contributed by atoms with Gasteiger partial charge in [0, 0.05) is 23.2 Å². The molecule has 1 aliphatic carbocycles. The fraction of sp³-hybridized carbons (Fsp3) is 0.273. The molecule has 1 heterocycles. The van der Waals surface area contributed by atoms with Crippen molar-refractivity contribution in [3.05, 3.63) is 70.1 Å². The van der Waals surface area contributed by atoms with E-state index in [1.165, 1.54) is 36.2 Å². The number of thiocarbonyl (C=S) groups is 1. The van der Waals surface area contributed by atoms with Gasteiger partial charge < -0.3 is 4.90 Å². The summed E-state index contributed by atoms with van der Waals surface area (Å²) in [7, 11) is 0. The number of nitrogens with one attached hydrogen (secondary N) is 1. The molecule has 1 aromatic heterocycles. The van der Waals surface area contributed by atoms with Crippen LogP contribution in [-0.4, -0.2) is 22.5 Å². The Morgan fingerprint density at radius 1 is 1.14 bits per heavy atom. The van der Waals surface area contributed by atoms with Crippen molar-refractivity contribution in [2.24, 2.45) is 5.92 Å². The van der Waals surface area contributed by atoms with Crippen LogP contribution >= 0.6 is 35.2 Å². The van der Waals surface area contributed by atoms with Gasteiger partial charge in [0.1, 0.15) is 4.88 Å². The van der Waals surface area contributed by atoms with Gasteiger partial charge in [-0.05, 0) is 42.6 Å². The van der Waals surface area contributed by atoms with Gasteiger partial charge in [-0.2, -0.15) is 0 Å². The quantitative estimate of drug-likeness (QED) is 0.515. The average molecular weight is 429 g/mol. The fourth-order valence-electron chi connectivity index (χ4n) is 3.40. The summed E-state index contributed by atoms with van der Waals surface area (Å²) in [5.74, 6) is 0.411. The molecule has 0 spiro atoms. The van der Waals surface area contributed by atoms with Gasteiger partial charge in [0.2, 0.25) is 0 Å². The molecular weight excluding hydrogens is 408 g/mol. The molecule has 1 N–H and O–H groups in total. The van der Waals surface area contributed by atoms with Crippen LogP contribution in [0.1, 0.15) is 34.5 Å². The van der Waals surface area contributed by atoms with Crippen LogP contribution in [0.5, 0.6) is 0 Å². The maximum Gasteiger partial charge on any atom is 0.269 e. The number of nitrogens with zero attached hydrogens (tertiary/aromatic N) is 1. The summed E-state index contributed by atoms with van der Waals surface area (Å²) in [4.78, 5) is 15.5. The highest BCUT2D eigenvalue weighted by molar-refractivity contribution is 7.80. The Labute approximate surface area is 179 Å². The summed E-state index contributed by atoms with van der Waals surface area (Å²) in [6.45, 7) is 1.56. The predicted octanol–water partition coefficient (Wildman–Crippen LogP) is 5.87. The number of carbonyl (C=O) groups is 1. The first-order valence-electron chi connectivity index (χ1n) is 9.43. The van der Waals surface area contributed by atoms with Gasteiger partial charge in [0.25, 0.3) is 5.91 Å². The lowest BCUT2D eigenvalue weighted by atomic mass is 9.85. The van der Waals surface area contributed by atoms with Gasteiger partial charge in [-0.1, -0.05) is 66.6 Å². The molecule has 1 amide bonds. The van der Waals surface area contributed by atoms with E-state index in [1.54, 1.807) is 0 Å². The summed E-state index contributed by atoms with van der Waals surface area (Å²) >= 11 is 13.5. The number of fused-ring (bicyclic) bond motifs is 1. The van der Waals surface area contributed by atoms with E-state index >= 15 is 0 Å². The number of rotatable bonds is 5. The highest BCUT2D eigenvalue weighted by atomic mass is 35.5. The maximum atomic E-state index is 12.9. The van der Waals surface area contributed by atoms with Crippen molar-refractivity contribution >= 4 is 56.3 Å². The monoisotopic (exact) mass is 428 g/mol. The van der Waals surface area contributed by atoms with Crippen LogP contribution in [0.25, 0.3) is 10.1 Å². The van der Waals surface area contributed by atoms with Crippen molar-refractivity contribution in [1.82, 2.24) is 10.2 Å². The van der Waals surface area contributed by atoms with Crippen LogP contribution in [0.2, 0.25) is 5.02 Å². The van der Waals surface area contributed by atoms with E-state index in [4.69, 9.17) is 23.8 Å². The topological polar surface area (TPSA) is 32.3 Å². The second kappa shape index (κ2) is 8.60. The van der Waals surface area contributed by atoms with Gasteiger partial charge in [-0.15, -0.1) is 11.3 Å². The van der Waals surface area contributed by atoms with Gasteiger partial charge in [0.05, 0.1) is 5.02 Å². The minimum absolute atomic E-state index is 0.233. The lowest BCUT2D eigenvalue weighted by Gasteiger charge is -2.34. The molecule has 2 aromatic carbocycles. The molecular formula is C22H21ClN2OS2. The largest absolute Gasteiger partial charge is 0.344 e. The van der Waals surface area contributed by atoms with Gasteiger partial charge in [0.15, 0.2) is 5.11 Å². The summed E-state index contributed by atoms with van der Waals surface area (Å²) in [5, 5.41) is 4.78. The molecule has 0 unspecified atom stereocenters. The first-order valence-corrected chi connectivity index (χ1v) is 11.0. The Bertz CT molecular complexity index is 998. The lowest BCUT2D eigenvalue weighted by Crippen LogP contribution is -2.45. The highest BCUT2D eigenvalue weighted by Gasteiger charge is 2.24. The zero-order chi connectivity index (χ0) is 19.5. The number of halogens is 1. The Balaban J connectivity index is 1.50. The molecule has 144 valence electrons. The Hall–Kier alpha value is -1.95. The molecule has 0 atom stereocenters. The predicted molar refractivity (Wildman–Crippen MR) is 121 cm³/mol. The molecule has 3 aromatic rings. The van der Waals surface area contributed by atoms with Crippen molar-refractivity contribution in [1.29, 1.82) is 0 Å². The van der Waals surface area contributed by atoms with Crippen LogP contribution in [0.3, 0.4) is 0 Å². The van der Waals surface area contributed by atoms with E-state index in [0.717, 1.165) is 16.6 Å². The molecule has 1 saturated carbocycles. The molecule has 6 heteroatoms. The van der Waals surface area contributed by atoms with Crippen molar-refractivity contribution in [3.8, 4) is 0 Å². The van der Waals surface area contributed by atoms with Gasteiger partial charge in [-0.25, -0.2) is 0 Å². The zero-order valence-corrected chi connectivity index (χ0v) is 17.7. The third-order valence-corrected chi connectivity index (χ3v) is 7.20. The van der Waals surface area contributed by atoms with Gasteiger partial charge in [-0.3, -0.25) is 10.1 Å². The lowest BCUT2D eigenvalue weighted by molar-refractivity contribution is 0.0975.